The summed E-state index contributed by atoms with van der Waals surface area (Å²) in [6.07, 6.45) is 1.55. The molecule has 196 valence electrons. The minimum atomic E-state index is -0.373. The van der Waals surface area contributed by atoms with Crippen molar-refractivity contribution in [3.63, 3.8) is 0 Å². The number of amides is 1. The number of benzene rings is 4. The number of carbonyl (C=O) groups excluding carboxylic acids is 1. The van der Waals surface area contributed by atoms with Crippen molar-refractivity contribution < 1.29 is 23.7 Å². The highest BCUT2D eigenvalue weighted by molar-refractivity contribution is 9.10. The highest BCUT2D eigenvalue weighted by Crippen LogP contribution is 2.37. The van der Waals surface area contributed by atoms with E-state index in [2.05, 4.69) is 50.7 Å². The number of hydrogen-bond acceptors (Lipinski definition) is 6. The number of nitrogens with zero attached hydrogens (tertiary/aromatic N) is 1. The van der Waals surface area contributed by atoms with Gasteiger partial charge in [-0.2, -0.15) is 5.10 Å². The summed E-state index contributed by atoms with van der Waals surface area (Å²) >= 11 is 3.60. The molecule has 0 atom stereocenters. The lowest BCUT2D eigenvalue weighted by Crippen LogP contribution is -2.17. The standard InChI is InChI=1S/C30H29BrN2O5/c1-4-36-26-14-13-22(17-27(26)35-3)30(34)33-32-18-20-15-25(31)29(28(16-20)37-5-2)38-19-23-11-8-10-21-9-6-7-12-24(21)23/h6-18H,4-5,19H2,1-3H3,(H,33,34)/b32-18+. The Balaban J connectivity index is 1.48. The number of ether oxygens (including phenoxy) is 4. The van der Waals surface area contributed by atoms with Crippen molar-refractivity contribution in [2.24, 2.45) is 5.10 Å². The number of methoxy groups -OCH3 is 1. The van der Waals surface area contributed by atoms with Gasteiger partial charge in [-0.05, 0) is 82.0 Å². The Labute approximate surface area is 230 Å². The van der Waals surface area contributed by atoms with Gasteiger partial charge in [-0.1, -0.05) is 42.5 Å². The molecular weight excluding hydrogens is 548 g/mol. The molecule has 0 fully saturated rings. The summed E-state index contributed by atoms with van der Waals surface area (Å²) < 4.78 is 23.6. The molecule has 0 aliphatic carbocycles. The summed E-state index contributed by atoms with van der Waals surface area (Å²) in [6.45, 7) is 5.14. The molecule has 0 aliphatic rings. The van der Waals surface area contributed by atoms with E-state index in [1.165, 1.54) is 7.11 Å². The summed E-state index contributed by atoms with van der Waals surface area (Å²) in [7, 11) is 1.53. The molecule has 0 unspecified atom stereocenters. The largest absolute Gasteiger partial charge is 0.493 e. The van der Waals surface area contributed by atoms with E-state index in [1.807, 2.05) is 44.2 Å². The molecule has 7 nitrogen and oxygen atoms in total. The Morgan fingerprint density at radius 3 is 2.45 bits per heavy atom. The van der Waals surface area contributed by atoms with Crippen molar-refractivity contribution in [2.75, 3.05) is 20.3 Å². The number of halogens is 1. The Bertz CT molecular complexity index is 1450. The molecule has 0 spiro atoms. The van der Waals surface area contributed by atoms with Gasteiger partial charge in [-0.25, -0.2) is 5.43 Å². The van der Waals surface area contributed by atoms with E-state index in [9.17, 15) is 4.79 Å². The second-order valence-corrected chi connectivity index (χ2v) is 9.04. The van der Waals surface area contributed by atoms with Gasteiger partial charge in [0, 0.05) is 5.56 Å². The molecule has 38 heavy (non-hydrogen) atoms. The quantitative estimate of drug-likeness (QED) is 0.158. The third-order valence-corrected chi connectivity index (χ3v) is 6.28. The first-order valence-electron chi connectivity index (χ1n) is 12.2. The molecule has 4 rings (SSSR count). The van der Waals surface area contributed by atoms with E-state index >= 15 is 0 Å². The molecule has 1 amide bonds. The zero-order valence-electron chi connectivity index (χ0n) is 21.5. The SMILES string of the molecule is CCOc1ccc(C(=O)N/N=C/c2cc(Br)c(OCc3cccc4ccccc34)c(OCC)c2)cc1OC. The van der Waals surface area contributed by atoms with Crippen LogP contribution in [0.3, 0.4) is 0 Å². The molecule has 8 heteroatoms. The highest BCUT2D eigenvalue weighted by atomic mass is 79.9. The number of hydrazone groups is 1. The fraction of sp³-hybridized carbons (Fsp3) is 0.200. The van der Waals surface area contributed by atoms with Crippen LogP contribution in [0.4, 0.5) is 0 Å². The van der Waals surface area contributed by atoms with E-state index in [0.29, 0.717) is 52.9 Å². The van der Waals surface area contributed by atoms with Gasteiger partial charge >= 0.3 is 0 Å². The van der Waals surface area contributed by atoms with Crippen LogP contribution in [0, 0.1) is 0 Å². The Kier molecular flexibility index (Phi) is 9.21. The van der Waals surface area contributed by atoms with E-state index in [4.69, 9.17) is 18.9 Å². The molecule has 0 aromatic heterocycles. The maximum atomic E-state index is 12.6. The average molecular weight is 577 g/mol. The van der Waals surface area contributed by atoms with Crippen molar-refractivity contribution in [2.45, 2.75) is 20.5 Å². The van der Waals surface area contributed by atoms with Crippen LogP contribution in [-0.4, -0.2) is 32.4 Å². The molecule has 0 bridgehead atoms. The zero-order valence-corrected chi connectivity index (χ0v) is 23.1. The molecule has 0 radical (unpaired) electrons. The summed E-state index contributed by atoms with van der Waals surface area (Å²) in [5, 5.41) is 6.43. The van der Waals surface area contributed by atoms with Gasteiger partial charge < -0.3 is 18.9 Å². The molecule has 0 aliphatic heterocycles. The molecular formula is C30H29BrN2O5. The number of rotatable bonds is 11. The van der Waals surface area contributed by atoms with E-state index in [1.54, 1.807) is 24.4 Å². The maximum absolute atomic E-state index is 12.6. The van der Waals surface area contributed by atoms with Crippen molar-refractivity contribution in [1.82, 2.24) is 5.43 Å². The fourth-order valence-corrected chi connectivity index (χ4v) is 4.52. The van der Waals surface area contributed by atoms with Gasteiger partial charge in [0.05, 0.1) is 31.0 Å². The first kappa shape index (κ1) is 27.0. The van der Waals surface area contributed by atoms with Gasteiger partial charge in [-0.3, -0.25) is 4.79 Å². The number of nitrogens with one attached hydrogen (secondary N) is 1. The predicted octanol–water partition coefficient (Wildman–Crippen LogP) is 6.75. The molecule has 4 aromatic carbocycles. The zero-order chi connectivity index (χ0) is 26.9. The van der Waals surface area contributed by atoms with Gasteiger partial charge in [0.1, 0.15) is 6.61 Å². The van der Waals surface area contributed by atoms with Crippen LogP contribution in [0.5, 0.6) is 23.0 Å². The van der Waals surface area contributed by atoms with Crippen LogP contribution in [0.2, 0.25) is 0 Å². The molecule has 1 N–H and O–H groups in total. The van der Waals surface area contributed by atoms with Crippen LogP contribution < -0.4 is 24.4 Å². The van der Waals surface area contributed by atoms with Crippen molar-refractivity contribution in [3.8, 4) is 23.0 Å². The number of fused-ring (bicyclic) bond motifs is 1. The first-order chi connectivity index (χ1) is 18.5. The Morgan fingerprint density at radius 1 is 0.895 bits per heavy atom. The van der Waals surface area contributed by atoms with Crippen LogP contribution in [0.25, 0.3) is 10.8 Å². The monoisotopic (exact) mass is 576 g/mol. The first-order valence-corrected chi connectivity index (χ1v) is 13.0. The second-order valence-electron chi connectivity index (χ2n) is 8.19. The summed E-state index contributed by atoms with van der Waals surface area (Å²) in [6, 6.07) is 23.0. The molecule has 0 saturated carbocycles. The Hall–Kier alpha value is -4.04. The molecule has 4 aromatic rings. The topological polar surface area (TPSA) is 78.4 Å². The molecule has 0 saturated heterocycles. The minimum Gasteiger partial charge on any atom is -0.493 e. The Morgan fingerprint density at radius 2 is 1.66 bits per heavy atom. The average Bonchev–Trinajstić information content (AvgIpc) is 2.93. The smallest absolute Gasteiger partial charge is 0.271 e. The van der Waals surface area contributed by atoms with Crippen LogP contribution in [0.1, 0.15) is 35.3 Å². The lowest BCUT2D eigenvalue weighted by atomic mass is 10.1. The lowest BCUT2D eigenvalue weighted by molar-refractivity contribution is 0.0954. The van der Waals surface area contributed by atoms with Crippen LogP contribution >= 0.6 is 15.9 Å². The molecule has 0 heterocycles. The predicted molar refractivity (Wildman–Crippen MR) is 153 cm³/mol. The number of hydrogen-bond donors (Lipinski definition) is 1. The third kappa shape index (κ3) is 6.44. The summed E-state index contributed by atoms with van der Waals surface area (Å²) in [5.74, 6) is 1.86. The van der Waals surface area contributed by atoms with Crippen molar-refractivity contribution in [3.05, 3.63) is 94.0 Å². The highest BCUT2D eigenvalue weighted by Gasteiger charge is 2.14. The van der Waals surface area contributed by atoms with Gasteiger partial charge in [-0.15, -0.1) is 0 Å². The normalized spacial score (nSPS) is 10.9. The van der Waals surface area contributed by atoms with Gasteiger partial charge in [0.15, 0.2) is 23.0 Å². The fourth-order valence-electron chi connectivity index (χ4n) is 3.95. The van der Waals surface area contributed by atoms with Crippen LogP contribution in [0.15, 0.2) is 82.4 Å². The van der Waals surface area contributed by atoms with Crippen molar-refractivity contribution in [1.29, 1.82) is 0 Å². The number of carbonyl (C=O) groups is 1. The van der Waals surface area contributed by atoms with E-state index in [0.717, 1.165) is 21.9 Å². The lowest BCUT2D eigenvalue weighted by Gasteiger charge is -2.15. The van der Waals surface area contributed by atoms with Gasteiger partial charge in [0.2, 0.25) is 0 Å². The van der Waals surface area contributed by atoms with E-state index in [-0.39, 0.29) is 5.91 Å². The summed E-state index contributed by atoms with van der Waals surface area (Å²) in [4.78, 5) is 12.6. The van der Waals surface area contributed by atoms with Gasteiger partial charge in [0.25, 0.3) is 5.91 Å². The maximum Gasteiger partial charge on any atom is 0.271 e. The third-order valence-electron chi connectivity index (χ3n) is 5.69. The van der Waals surface area contributed by atoms with Crippen molar-refractivity contribution >= 4 is 38.8 Å². The minimum absolute atomic E-state index is 0.373. The van der Waals surface area contributed by atoms with Crippen LogP contribution in [-0.2, 0) is 6.61 Å². The second kappa shape index (κ2) is 13.0. The summed E-state index contributed by atoms with van der Waals surface area (Å²) in [5.41, 5.74) is 4.75. The van der Waals surface area contributed by atoms with E-state index < -0.39 is 0 Å².